The molecule has 1 saturated heterocycles. The van der Waals surface area contributed by atoms with Crippen LogP contribution in [0.3, 0.4) is 0 Å². The monoisotopic (exact) mass is 311 g/mol. The van der Waals surface area contributed by atoms with Gasteiger partial charge in [0.1, 0.15) is 0 Å². The van der Waals surface area contributed by atoms with Gasteiger partial charge in [-0.15, -0.1) is 11.6 Å². The van der Waals surface area contributed by atoms with E-state index in [1.54, 1.807) is 6.92 Å². The van der Waals surface area contributed by atoms with E-state index in [1.807, 2.05) is 6.07 Å². The van der Waals surface area contributed by atoms with Crippen molar-refractivity contribution in [1.29, 1.82) is 0 Å². The van der Waals surface area contributed by atoms with Gasteiger partial charge in [-0.3, -0.25) is 4.79 Å². The summed E-state index contributed by atoms with van der Waals surface area (Å²) in [5.74, 6) is -1.58. The zero-order valence-electron chi connectivity index (χ0n) is 12.2. The molecule has 1 aliphatic carbocycles. The Hall–Kier alpha value is -1.10. The molecule has 0 bridgehead atoms. The highest BCUT2D eigenvalue weighted by Crippen LogP contribution is 2.37. The van der Waals surface area contributed by atoms with E-state index in [-0.39, 0.29) is 0 Å². The van der Waals surface area contributed by atoms with Crippen LogP contribution in [0.15, 0.2) is 24.3 Å². The van der Waals surface area contributed by atoms with Crippen molar-refractivity contribution in [3.63, 3.8) is 0 Å². The highest BCUT2D eigenvalue weighted by atomic mass is 35.5. The third kappa shape index (κ3) is 3.76. The quantitative estimate of drug-likeness (QED) is 0.733. The number of aliphatic carboxylic acids is 1. The number of carboxylic acid groups (broad SMARTS) is 1. The van der Waals surface area contributed by atoms with Crippen LogP contribution >= 0.6 is 11.6 Å². The molecule has 2 aliphatic rings. The van der Waals surface area contributed by atoms with Gasteiger partial charge in [0, 0.05) is 0 Å². The van der Waals surface area contributed by atoms with Gasteiger partial charge in [0.15, 0.2) is 0 Å². The maximum absolute atomic E-state index is 10.6. The van der Waals surface area contributed by atoms with Gasteiger partial charge in [-0.2, -0.15) is 0 Å². The molecule has 1 aromatic carbocycles. The molecule has 1 fully saturated rings. The predicted octanol–water partition coefficient (Wildman–Crippen LogP) is 2.34. The molecule has 3 rings (SSSR count). The lowest BCUT2D eigenvalue weighted by Crippen LogP contribution is -2.48. The van der Waals surface area contributed by atoms with Crippen LogP contribution in [0.4, 0.5) is 0 Å². The Morgan fingerprint density at radius 1 is 1.38 bits per heavy atom. The molecule has 0 spiro atoms. The molecular weight excluding hydrogens is 290 g/mol. The van der Waals surface area contributed by atoms with Crippen LogP contribution in [0.2, 0.25) is 0 Å². The second kappa shape index (κ2) is 6.77. The number of nitrogens with one attached hydrogen (secondary N) is 1. The fraction of sp³-hybridized carbons (Fsp3) is 0.562. The van der Waals surface area contributed by atoms with Crippen molar-refractivity contribution in [1.82, 2.24) is 5.32 Å². The molecule has 21 heavy (non-hydrogen) atoms. The zero-order valence-corrected chi connectivity index (χ0v) is 12.9. The number of carbonyl (C=O) groups is 1. The summed E-state index contributed by atoms with van der Waals surface area (Å²) < 4.78 is 0. The molecule has 1 heterocycles. The van der Waals surface area contributed by atoms with E-state index in [9.17, 15) is 9.90 Å². The first-order valence-corrected chi connectivity index (χ1v) is 7.75. The molecule has 0 aromatic heterocycles. The number of halogens is 1. The third-order valence-corrected chi connectivity index (χ3v) is 4.83. The van der Waals surface area contributed by atoms with Gasteiger partial charge in [0.05, 0.1) is 16.9 Å². The van der Waals surface area contributed by atoms with Crippen molar-refractivity contribution in [3.8, 4) is 0 Å². The predicted molar refractivity (Wildman–Crippen MR) is 82.6 cm³/mol. The van der Waals surface area contributed by atoms with E-state index >= 15 is 0 Å². The molecule has 0 saturated carbocycles. The van der Waals surface area contributed by atoms with E-state index in [2.05, 4.69) is 23.5 Å². The van der Waals surface area contributed by atoms with E-state index < -0.39 is 17.5 Å². The molecule has 5 heteroatoms. The van der Waals surface area contributed by atoms with Crippen molar-refractivity contribution in [3.05, 3.63) is 35.4 Å². The Labute approximate surface area is 130 Å². The smallest absolute Gasteiger partial charge is 0.309 e. The molecule has 116 valence electrons. The molecular formula is C16H22ClNO3. The lowest BCUT2D eigenvalue weighted by Gasteiger charge is -2.35. The minimum absolute atomic E-state index is 0.293. The van der Waals surface area contributed by atoms with Crippen molar-refractivity contribution < 1.29 is 15.0 Å². The Morgan fingerprint density at radius 3 is 2.48 bits per heavy atom. The fourth-order valence-corrected chi connectivity index (χ4v) is 3.10. The Bertz CT molecular complexity index is 500. The van der Waals surface area contributed by atoms with Gasteiger partial charge < -0.3 is 15.5 Å². The van der Waals surface area contributed by atoms with E-state index in [0.717, 1.165) is 6.42 Å². The fourth-order valence-electron chi connectivity index (χ4n) is 2.72. The van der Waals surface area contributed by atoms with Crippen LogP contribution in [0.25, 0.3) is 0 Å². The number of fused-ring (bicyclic) bond motifs is 1. The summed E-state index contributed by atoms with van der Waals surface area (Å²) in [6, 6.07) is 8.32. The first-order chi connectivity index (χ1) is 9.94. The topological polar surface area (TPSA) is 69.6 Å². The summed E-state index contributed by atoms with van der Waals surface area (Å²) in [5.41, 5.74) is 1.73. The summed E-state index contributed by atoms with van der Waals surface area (Å²) in [7, 11) is 0. The second-order valence-electron chi connectivity index (χ2n) is 5.78. The highest BCUT2D eigenvalue weighted by molar-refractivity contribution is 6.22. The van der Waals surface area contributed by atoms with Gasteiger partial charge in [0.2, 0.25) is 0 Å². The van der Waals surface area contributed by atoms with E-state index in [0.29, 0.717) is 31.3 Å². The summed E-state index contributed by atoms with van der Waals surface area (Å²) in [5, 5.41) is 22.0. The largest absolute Gasteiger partial charge is 0.481 e. The number of hydrogen-bond donors (Lipinski definition) is 3. The van der Waals surface area contributed by atoms with Crippen LogP contribution in [0, 0.1) is 5.92 Å². The zero-order chi connectivity index (χ0) is 15.5. The second-order valence-corrected chi connectivity index (χ2v) is 6.31. The van der Waals surface area contributed by atoms with Gasteiger partial charge in [-0.25, -0.2) is 0 Å². The van der Waals surface area contributed by atoms with Crippen molar-refractivity contribution in [2.24, 2.45) is 5.92 Å². The summed E-state index contributed by atoms with van der Waals surface area (Å²) in [6.45, 7) is 2.97. The molecule has 2 unspecified atom stereocenters. The van der Waals surface area contributed by atoms with E-state index in [1.165, 1.54) is 11.1 Å². The number of piperidine rings is 1. The number of hydrogen-bond acceptors (Lipinski definition) is 3. The molecule has 4 nitrogen and oxygen atoms in total. The molecule has 2 atom stereocenters. The number of rotatable bonds is 2. The average Bonchev–Trinajstić information content (AvgIpc) is 2.47. The van der Waals surface area contributed by atoms with Crippen LogP contribution in [-0.4, -0.2) is 34.9 Å². The normalized spacial score (nSPS) is 23.9. The summed E-state index contributed by atoms with van der Waals surface area (Å²) in [4.78, 5) is 10.6. The van der Waals surface area contributed by atoms with Gasteiger partial charge in [-0.1, -0.05) is 24.3 Å². The first-order valence-electron chi connectivity index (χ1n) is 7.32. The third-order valence-electron chi connectivity index (χ3n) is 4.44. The van der Waals surface area contributed by atoms with Crippen molar-refractivity contribution in [2.75, 3.05) is 13.1 Å². The lowest BCUT2D eigenvalue weighted by molar-refractivity contribution is -0.152. The molecule has 1 aliphatic heterocycles. The Balaban J connectivity index is 0.000000159. The van der Waals surface area contributed by atoms with Crippen LogP contribution in [-0.2, 0) is 11.2 Å². The number of aliphatic hydroxyl groups is 1. The number of carboxylic acids is 1. The molecule has 1 aromatic rings. The average molecular weight is 312 g/mol. The minimum Gasteiger partial charge on any atom is -0.481 e. The standard InChI is InChI=1S/C8H7Cl.C8H15NO3/c9-8-5-6-3-1-2-4-7(6)8;1-6(7(10)11)8(12)2-4-9-5-3-8/h1-4,8H,5H2;6,9,12H,2-5H2,1H3,(H,10,11). The van der Waals surface area contributed by atoms with Crippen molar-refractivity contribution >= 4 is 17.6 Å². The van der Waals surface area contributed by atoms with Gasteiger partial charge in [-0.05, 0) is 50.4 Å². The number of benzene rings is 1. The number of alkyl halides is 1. The Kier molecular flexibility index (Phi) is 5.25. The highest BCUT2D eigenvalue weighted by Gasteiger charge is 2.38. The Morgan fingerprint density at radius 2 is 2.00 bits per heavy atom. The first kappa shape index (κ1) is 16.3. The SMILES string of the molecule is CC(C(=O)O)C1(O)CCNCC1.ClC1Cc2ccccc21. The molecule has 0 radical (unpaired) electrons. The lowest BCUT2D eigenvalue weighted by atomic mass is 9.81. The molecule has 3 N–H and O–H groups in total. The maximum Gasteiger partial charge on any atom is 0.309 e. The van der Waals surface area contributed by atoms with Crippen molar-refractivity contribution in [2.45, 2.75) is 37.2 Å². The molecule has 0 amide bonds. The van der Waals surface area contributed by atoms with Crippen LogP contribution < -0.4 is 5.32 Å². The van der Waals surface area contributed by atoms with E-state index in [4.69, 9.17) is 16.7 Å². The van der Waals surface area contributed by atoms with Gasteiger partial charge >= 0.3 is 5.97 Å². The van der Waals surface area contributed by atoms with Gasteiger partial charge in [0.25, 0.3) is 0 Å². The summed E-state index contributed by atoms with van der Waals surface area (Å²) >= 11 is 5.88. The van der Waals surface area contributed by atoms with Crippen LogP contribution in [0.5, 0.6) is 0 Å². The van der Waals surface area contributed by atoms with Crippen LogP contribution in [0.1, 0.15) is 36.3 Å². The maximum atomic E-state index is 10.6. The minimum atomic E-state index is -1.00. The summed E-state index contributed by atoms with van der Waals surface area (Å²) in [6.07, 6.45) is 2.11.